The van der Waals surface area contributed by atoms with Gasteiger partial charge in [0.25, 0.3) is 0 Å². The molecule has 0 amide bonds. The van der Waals surface area contributed by atoms with Crippen LogP contribution in [0.3, 0.4) is 0 Å². The van der Waals surface area contributed by atoms with Crippen molar-refractivity contribution in [1.82, 2.24) is 9.55 Å². The molecule has 0 unspecified atom stereocenters. The first-order chi connectivity index (χ1) is 9.27. The molecule has 2 rings (SSSR count). The van der Waals surface area contributed by atoms with Crippen LogP contribution in [0.25, 0.3) is 0 Å². The van der Waals surface area contributed by atoms with Crippen molar-refractivity contribution in [3.8, 4) is 0 Å². The Labute approximate surface area is 121 Å². The predicted octanol–water partition coefficient (Wildman–Crippen LogP) is 2.45. The molecule has 20 heavy (non-hydrogen) atoms. The topological polar surface area (TPSA) is 34.9 Å². The highest BCUT2D eigenvalue weighted by Crippen LogP contribution is 2.07. The van der Waals surface area contributed by atoms with Gasteiger partial charge in [0.1, 0.15) is 0 Å². The molecule has 1 heterocycles. The van der Waals surface area contributed by atoms with Gasteiger partial charge in [-0.2, -0.15) is 4.98 Å². The summed E-state index contributed by atoms with van der Waals surface area (Å²) < 4.78 is 1.72. The molecule has 0 spiro atoms. The summed E-state index contributed by atoms with van der Waals surface area (Å²) in [4.78, 5) is 16.0. The molecule has 0 aliphatic heterocycles. The number of aromatic nitrogens is 2. The van der Waals surface area contributed by atoms with Crippen LogP contribution < -0.4 is 10.9 Å². The summed E-state index contributed by atoms with van der Waals surface area (Å²) in [5.74, 6) is 0. The van der Waals surface area contributed by atoms with Crippen LogP contribution >= 0.6 is 0 Å². The summed E-state index contributed by atoms with van der Waals surface area (Å²) in [6, 6.07) is 10.6. The Morgan fingerprint density at radius 2 is 1.70 bits per heavy atom. The SMILES string of the molecule is Cc1cc(C)n(Cc2ccc([Si](C)(C)C)cc2)c(=O)n1. The zero-order valence-corrected chi connectivity index (χ0v) is 13.9. The van der Waals surface area contributed by atoms with E-state index in [-0.39, 0.29) is 5.69 Å². The first-order valence-electron chi connectivity index (χ1n) is 6.92. The third-order valence-corrected chi connectivity index (χ3v) is 5.57. The fourth-order valence-electron chi connectivity index (χ4n) is 2.26. The molecule has 1 aromatic heterocycles. The molecule has 0 fully saturated rings. The number of nitrogens with zero attached hydrogens (tertiary/aromatic N) is 2. The maximum Gasteiger partial charge on any atom is 0.348 e. The molecule has 0 bridgehead atoms. The Hall–Kier alpha value is -1.68. The van der Waals surface area contributed by atoms with Gasteiger partial charge in [-0.05, 0) is 25.5 Å². The molecule has 1 aromatic carbocycles. The summed E-state index contributed by atoms with van der Waals surface area (Å²) in [5, 5.41) is 1.44. The lowest BCUT2D eigenvalue weighted by molar-refractivity contribution is 0.694. The molecule has 3 nitrogen and oxygen atoms in total. The molecule has 2 aromatic rings. The minimum Gasteiger partial charge on any atom is -0.292 e. The zero-order valence-electron chi connectivity index (χ0n) is 12.9. The molecule has 0 aliphatic rings. The summed E-state index contributed by atoms with van der Waals surface area (Å²) in [5.41, 5.74) is 2.70. The van der Waals surface area contributed by atoms with Crippen molar-refractivity contribution in [2.75, 3.05) is 0 Å². The van der Waals surface area contributed by atoms with E-state index in [1.807, 2.05) is 19.9 Å². The summed E-state index contributed by atoms with van der Waals surface area (Å²) in [6.07, 6.45) is 0. The zero-order chi connectivity index (χ0) is 14.9. The molecule has 0 radical (unpaired) electrons. The highest BCUT2D eigenvalue weighted by Gasteiger charge is 2.15. The third kappa shape index (κ3) is 3.25. The number of benzene rings is 1. The first-order valence-corrected chi connectivity index (χ1v) is 10.4. The largest absolute Gasteiger partial charge is 0.348 e. The van der Waals surface area contributed by atoms with Gasteiger partial charge in [-0.25, -0.2) is 4.79 Å². The quantitative estimate of drug-likeness (QED) is 0.812. The lowest BCUT2D eigenvalue weighted by Gasteiger charge is -2.17. The monoisotopic (exact) mass is 286 g/mol. The highest BCUT2D eigenvalue weighted by molar-refractivity contribution is 6.88. The fraction of sp³-hybridized carbons (Fsp3) is 0.375. The van der Waals surface area contributed by atoms with Gasteiger partial charge in [0.05, 0.1) is 14.6 Å². The van der Waals surface area contributed by atoms with Gasteiger partial charge in [-0.3, -0.25) is 4.57 Å². The Kier molecular flexibility index (Phi) is 3.95. The normalized spacial score (nSPS) is 11.7. The maximum absolute atomic E-state index is 12.0. The van der Waals surface area contributed by atoms with E-state index in [9.17, 15) is 4.79 Å². The summed E-state index contributed by atoms with van der Waals surface area (Å²) in [6.45, 7) is 11.4. The highest BCUT2D eigenvalue weighted by atomic mass is 28.3. The number of rotatable bonds is 3. The molecule has 0 saturated heterocycles. The molecule has 4 heteroatoms. The van der Waals surface area contributed by atoms with Crippen molar-refractivity contribution in [2.45, 2.75) is 40.0 Å². The molecular weight excluding hydrogens is 264 g/mol. The predicted molar refractivity (Wildman–Crippen MR) is 86.5 cm³/mol. The van der Waals surface area contributed by atoms with Crippen LogP contribution in [0.2, 0.25) is 19.6 Å². The Morgan fingerprint density at radius 3 is 2.20 bits per heavy atom. The van der Waals surface area contributed by atoms with E-state index < -0.39 is 8.07 Å². The number of hydrogen-bond donors (Lipinski definition) is 0. The van der Waals surface area contributed by atoms with Crippen molar-refractivity contribution < 1.29 is 0 Å². The Bertz CT molecular complexity index is 666. The van der Waals surface area contributed by atoms with E-state index in [4.69, 9.17) is 0 Å². The molecule has 106 valence electrons. The van der Waals surface area contributed by atoms with Crippen LogP contribution in [0.4, 0.5) is 0 Å². The van der Waals surface area contributed by atoms with E-state index in [0.29, 0.717) is 6.54 Å². The number of hydrogen-bond acceptors (Lipinski definition) is 2. The Morgan fingerprint density at radius 1 is 1.10 bits per heavy atom. The van der Waals surface area contributed by atoms with E-state index in [0.717, 1.165) is 17.0 Å². The molecule has 0 atom stereocenters. The van der Waals surface area contributed by atoms with Crippen LogP contribution in [0.5, 0.6) is 0 Å². The summed E-state index contributed by atoms with van der Waals surface area (Å²) >= 11 is 0. The summed E-state index contributed by atoms with van der Waals surface area (Å²) in [7, 11) is -1.26. The van der Waals surface area contributed by atoms with Crippen molar-refractivity contribution in [3.63, 3.8) is 0 Å². The lowest BCUT2D eigenvalue weighted by atomic mass is 10.2. The maximum atomic E-state index is 12.0. The molecule has 0 N–H and O–H groups in total. The third-order valence-electron chi connectivity index (χ3n) is 3.51. The average Bonchev–Trinajstić information content (AvgIpc) is 2.33. The van der Waals surface area contributed by atoms with Gasteiger partial charge >= 0.3 is 5.69 Å². The first kappa shape index (κ1) is 14.7. The van der Waals surface area contributed by atoms with Gasteiger partial charge in [-0.1, -0.05) is 49.1 Å². The van der Waals surface area contributed by atoms with Gasteiger partial charge < -0.3 is 0 Å². The Balaban J connectivity index is 2.30. The van der Waals surface area contributed by atoms with Crippen molar-refractivity contribution in [1.29, 1.82) is 0 Å². The van der Waals surface area contributed by atoms with E-state index >= 15 is 0 Å². The van der Waals surface area contributed by atoms with Crippen LogP contribution in [0.15, 0.2) is 35.1 Å². The number of aryl methyl sites for hydroxylation is 2. The smallest absolute Gasteiger partial charge is 0.292 e. The van der Waals surface area contributed by atoms with E-state index in [1.54, 1.807) is 4.57 Å². The van der Waals surface area contributed by atoms with Crippen molar-refractivity contribution in [2.24, 2.45) is 0 Å². The van der Waals surface area contributed by atoms with Crippen LogP contribution in [-0.2, 0) is 6.54 Å². The van der Waals surface area contributed by atoms with Gasteiger partial charge in [0, 0.05) is 11.4 Å². The van der Waals surface area contributed by atoms with Crippen LogP contribution in [-0.4, -0.2) is 17.6 Å². The van der Waals surface area contributed by atoms with Crippen LogP contribution in [0, 0.1) is 13.8 Å². The second kappa shape index (κ2) is 5.36. The van der Waals surface area contributed by atoms with E-state index in [2.05, 4.69) is 48.9 Å². The van der Waals surface area contributed by atoms with Gasteiger partial charge in [0.2, 0.25) is 0 Å². The second-order valence-electron chi connectivity index (χ2n) is 6.35. The fourth-order valence-corrected chi connectivity index (χ4v) is 3.43. The molecule has 0 aliphatic carbocycles. The minimum atomic E-state index is -1.26. The second-order valence-corrected chi connectivity index (χ2v) is 11.4. The molecule has 0 saturated carbocycles. The van der Waals surface area contributed by atoms with Crippen molar-refractivity contribution >= 4 is 13.3 Å². The molecular formula is C16H22N2OSi. The van der Waals surface area contributed by atoms with Gasteiger partial charge in [0.15, 0.2) is 0 Å². The average molecular weight is 286 g/mol. The van der Waals surface area contributed by atoms with E-state index in [1.165, 1.54) is 5.19 Å². The standard InChI is InChI=1S/C16H22N2OSi/c1-12-10-13(2)18(16(19)17-12)11-14-6-8-15(9-7-14)20(3,4)5/h6-10H,11H2,1-5H3. The van der Waals surface area contributed by atoms with Crippen LogP contribution in [0.1, 0.15) is 17.0 Å². The minimum absolute atomic E-state index is 0.170. The van der Waals surface area contributed by atoms with Gasteiger partial charge in [-0.15, -0.1) is 0 Å². The lowest BCUT2D eigenvalue weighted by Crippen LogP contribution is -2.37. The van der Waals surface area contributed by atoms with Crippen molar-refractivity contribution in [3.05, 3.63) is 57.8 Å².